The average molecular weight is 302 g/mol. The van der Waals surface area contributed by atoms with E-state index in [1.807, 2.05) is 0 Å². The third-order valence-corrected chi connectivity index (χ3v) is 3.47. The smallest absolute Gasteiger partial charge is 0.134 e. The number of hydrogen-bond donors (Lipinski definition) is 1. The molecule has 1 atom stereocenters. The van der Waals surface area contributed by atoms with Gasteiger partial charge in [-0.1, -0.05) is 6.92 Å². The molecule has 1 N–H and O–H groups in total. The standard InChI is InChI=1S/C13H17BrFNO/c1-2-11(8-16-10-4-5-10)17-13-6-3-9(15)7-12(13)14/h3,6-7,10-11,16H,2,4-5,8H2,1H3. The molecule has 0 spiro atoms. The molecule has 1 fully saturated rings. The molecular weight excluding hydrogens is 285 g/mol. The quantitative estimate of drug-likeness (QED) is 0.868. The maximum Gasteiger partial charge on any atom is 0.134 e. The van der Waals surface area contributed by atoms with Gasteiger partial charge in [0.1, 0.15) is 17.7 Å². The minimum atomic E-state index is -0.256. The number of hydrogen-bond acceptors (Lipinski definition) is 2. The third-order valence-electron chi connectivity index (χ3n) is 2.85. The van der Waals surface area contributed by atoms with Crippen molar-refractivity contribution in [3.05, 3.63) is 28.5 Å². The molecule has 4 heteroatoms. The fourth-order valence-electron chi connectivity index (χ4n) is 1.61. The van der Waals surface area contributed by atoms with E-state index in [1.165, 1.54) is 25.0 Å². The van der Waals surface area contributed by atoms with Crippen molar-refractivity contribution in [1.82, 2.24) is 5.32 Å². The van der Waals surface area contributed by atoms with E-state index in [1.54, 1.807) is 6.07 Å². The van der Waals surface area contributed by atoms with Crippen molar-refractivity contribution in [2.24, 2.45) is 0 Å². The Kier molecular flexibility index (Phi) is 4.40. The van der Waals surface area contributed by atoms with Crippen LogP contribution in [-0.2, 0) is 0 Å². The predicted octanol–water partition coefficient (Wildman–Crippen LogP) is 3.50. The lowest BCUT2D eigenvalue weighted by Crippen LogP contribution is -2.32. The van der Waals surface area contributed by atoms with Gasteiger partial charge in [0.25, 0.3) is 0 Å². The Morgan fingerprint density at radius 1 is 1.53 bits per heavy atom. The summed E-state index contributed by atoms with van der Waals surface area (Å²) >= 11 is 3.31. The molecule has 0 aliphatic heterocycles. The lowest BCUT2D eigenvalue weighted by molar-refractivity contribution is 0.191. The summed E-state index contributed by atoms with van der Waals surface area (Å²) in [6, 6.07) is 5.20. The number of ether oxygens (including phenoxy) is 1. The lowest BCUT2D eigenvalue weighted by atomic mass is 10.2. The van der Waals surface area contributed by atoms with E-state index in [0.29, 0.717) is 16.3 Å². The van der Waals surface area contributed by atoms with Crippen LogP contribution in [0.5, 0.6) is 5.75 Å². The van der Waals surface area contributed by atoms with Gasteiger partial charge in [-0.2, -0.15) is 0 Å². The zero-order chi connectivity index (χ0) is 12.3. The van der Waals surface area contributed by atoms with Gasteiger partial charge in [0.15, 0.2) is 0 Å². The molecule has 0 aromatic heterocycles. The first-order valence-corrected chi connectivity index (χ1v) is 6.83. The third kappa shape index (κ3) is 3.96. The van der Waals surface area contributed by atoms with Crippen molar-refractivity contribution in [2.45, 2.75) is 38.3 Å². The number of benzene rings is 1. The van der Waals surface area contributed by atoms with Gasteiger partial charge in [-0.15, -0.1) is 0 Å². The monoisotopic (exact) mass is 301 g/mol. The number of nitrogens with one attached hydrogen (secondary N) is 1. The zero-order valence-electron chi connectivity index (χ0n) is 9.88. The Morgan fingerprint density at radius 3 is 2.88 bits per heavy atom. The molecule has 94 valence electrons. The SMILES string of the molecule is CCC(CNC1CC1)Oc1ccc(F)cc1Br. The van der Waals surface area contributed by atoms with Crippen LogP contribution in [0.4, 0.5) is 4.39 Å². The summed E-state index contributed by atoms with van der Waals surface area (Å²) in [5.41, 5.74) is 0. The molecule has 0 bridgehead atoms. The molecule has 2 rings (SSSR count). The van der Waals surface area contributed by atoms with Crippen molar-refractivity contribution in [3.63, 3.8) is 0 Å². The van der Waals surface area contributed by atoms with Crippen LogP contribution in [0.2, 0.25) is 0 Å². The molecule has 1 saturated carbocycles. The molecular formula is C13H17BrFNO. The van der Waals surface area contributed by atoms with E-state index < -0.39 is 0 Å². The summed E-state index contributed by atoms with van der Waals surface area (Å²) < 4.78 is 19.5. The van der Waals surface area contributed by atoms with E-state index in [4.69, 9.17) is 4.74 Å². The second-order valence-corrected chi connectivity index (χ2v) is 5.26. The minimum absolute atomic E-state index is 0.136. The molecule has 0 amide bonds. The molecule has 17 heavy (non-hydrogen) atoms. The van der Waals surface area contributed by atoms with Crippen molar-refractivity contribution in [3.8, 4) is 5.75 Å². The molecule has 1 aliphatic carbocycles. The lowest BCUT2D eigenvalue weighted by Gasteiger charge is -2.19. The molecule has 1 aliphatic rings. The molecule has 0 heterocycles. The van der Waals surface area contributed by atoms with Gasteiger partial charge in [-0.05, 0) is 53.4 Å². The topological polar surface area (TPSA) is 21.3 Å². The Bertz CT molecular complexity index is 382. The van der Waals surface area contributed by atoms with Crippen LogP contribution < -0.4 is 10.1 Å². The van der Waals surface area contributed by atoms with E-state index in [-0.39, 0.29) is 11.9 Å². The van der Waals surface area contributed by atoms with Gasteiger partial charge in [0.2, 0.25) is 0 Å². The Labute approximate surface area is 110 Å². The summed E-state index contributed by atoms with van der Waals surface area (Å²) in [6.07, 6.45) is 3.62. The highest BCUT2D eigenvalue weighted by atomic mass is 79.9. The summed E-state index contributed by atoms with van der Waals surface area (Å²) in [5.74, 6) is 0.448. The molecule has 0 radical (unpaired) electrons. The molecule has 0 saturated heterocycles. The maximum atomic E-state index is 12.9. The van der Waals surface area contributed by atoms with Gasteiger partial charge in [0, 0.05) is 12.6 Å². The number of rotatable bonds is 6. The predicted molar refractivity (Wildman–Crippen MR) is 69.8 cm³/mol. The highest BCUT2D eigenvalue weighted by Gasteiger charge is 2.22. The molecule has 1 aromatic carbocycles. The Morgan fingerprint density at radius 2 is 2.29 bits per heavy atom. The summed E-state index contributed by atoms with van der Waals surface area (Å²) in [4.78, 5) is 0. The van der Waals surface area contributed by atoms with Crippen molar-refractivity contribution in [1.29, 1.82) is 0 Å². The van der Waals surface area contributed by atoms with Crippen LogP contribution in [0.25, 0.3) is 0 Å². The van der Waals surface area contributed by atoms with Gasteiger partial charge in [-0.25, -0.2) is 4.39 Å². The Hall–Kier alpha value is -0.610. The first-order valence-electron chi connectivity index (χ1n) is 6.04. The van der Waals surface area contributed by atoms with Gasteiger partial charge >= 0.3 is 0 Å². The normalized spacial score (nSPS) is 16.9. The van der Waals surface area contributed by atoms with Crippen molar-refractivity contribution in [2.75, 3.05) is 6.54 Å². The van der Waals surface area contributed by atoms with Gasteiger partial charge in [-0.3, -0.25) is 0 Å². The first kappa shape index (κ1) is 12.8. The van der Waals surface area contributed by atoms with E-state index >= 15 is 0 Å². The summed E-state index contributed by atoms with van der Waals surface area (Å²) in [6.45, 7) is 2.95. The highest BCUT2D eigenvalue weighted by Crippen LogP contribution is 2.27. The zero-order valence-corrected chi connectivity index (χ0v) is 11.5. The summed E-state index contributed by atoms with van der Waals surface area (Å²) in [5, 5.41) is 3.44. The van der Waals surface area contributed by atoms with Crippen LogP contribution in [-0.4, -0.2) is 18.7 Å². The second-order valence-electron chi connectivity index (χ2n) is 4.41. The highest BCUT2D eigenvalue weighted by molar-refractivity contribution is 9.10. The van der Waals surface area contributed by atoms with Crippen LogP contribution >= 0.6 is 15.9 Å². The van der Waals surface area contributed by atoms with Gasteiger partial charge in [0.05, 0.1) is 4.47 Å². The van der Waals surface area contributed by atoms with Gasteiger partial charge < -0.3 is 10.1 Å². The fourth-order valence-corrected chi connectivity index (χ4v) is 2.05. The van der Waals surface area contributed by atoms with Crippen LogP contribution in [0.15, 0.2) is 22.7 Å². The van der Waals surface area contributed by atoms with Crippen LogP contribution in [0, 0.1) is 5.82 Å². The first-order chi connectivity index (χ1) is 8.19. The minimum Gasteiger partial charge on any atom is -0.488 e. The largest absolute Gasteiger partial charge is 0.488 e. The second kappa shape index (κ2) is 5.83. The van der Waals surface area contributed by atoms with Crippen molar-refractivity contribution < 1.29 is 9.13 Å². The van der Waals surface area contributed by atoms with E-state index in [2.05, 4.69) is 28.2 Å². The van der Waals surface area contributed by atoms with Crippen LogP contribution in [0.3, 0.4) is 0 Å². The summed E-state index contributed by atoms with van der Waals surface area (Å²) in [7, 11) is 0. The fraction of sp³-hybridized carbons (Fsp3) is 0.538. The maximum absolute atomic E-state index is 12.9. The average Bonchev–Trinajstić information content (AvgIpc) is 3.11. The number of halogens is 2. The van der Waals surface area contributed by atoms with E-state index in [0.717, 1.165) is 13.0 Å². The molecule has 1 unspecified atom stereocenters. The molecule has 1 aromatic rings. The van der Waals surface area contributed by atoms with E-state index in [9.17, 15) is 4.39 Å². The Balaban J connectivity index is 1.91. The van der Waals surface area contributed by atoms with Crippen LogP contribution in [0.1, 0.15) is 26.2 Å². The van der Waals surface area contributed by atoms with Crippen molar-refractivity contribution >= 4 is 15.9 Å². The molecule has 2 nitrogen and oxygen atoms in total.